The van der Waals surface area contributed by atoms with Gasteiger partial charge in [-0.2, -0.15) is 10.1 Å². The predicted octanol–water partition coefficient (Wildman–Crippen LogP) is 5.31. The van der Waals surface area contributed by atoms with Crippen molar-refractivity contribution in [3.05, 3.63) is 52.2 Å². The number of nitrogens with zero attached hydrogens (tertiary/aromatic N) is 3. The first kappa shape index (κ1) is 20.2. The summed E-state index contributed by atoms with van der Waals surface area (Å²) in [7, 11) is 1.93. The van der Waals surface area contributed by atoms with Crippen LogP contribution < -0.4 is 4.74 Å². The number of Topliss-reactive ketones (excluding diaryl/α,β-unsaturated/α-hetero) is 1. The van der Waals surface area contributed by atoms with Crippen LogP contribution >= 0.6 is 0 Å². The maximum absolute atomic E-state index is 12.4. The van der Waals surface area contributed by atoms with Crippen LogP contribution in [0.1, 0.15) is 78.3 Å². The summed E-state index contributed by atoms with van der Waals surface area (Å²) >= 11 is 0. The van der Waals surface area contributed by atoms with Crippen molar-refractivity contribution in [3.8, 4) is 5.88 Å². The van der Waals surface area contributed by atoms with Crippen molar-refractivity contribution in [2.75, 3.05) is 6.61 Å². The monoisotopic (exact) mass is 417 g/mol. The average molecular weight is 418 g/mol. The molecule has 0 radical (unpaired) electrons. The third kappa shape index (κ3) is 4.10. The van der Waals surface area contributed by atoms with Gasteiger partial charge < -0.3 is 4.74 Å². The number of ketones is 1. The molecule has 1 unspecified atom stereocenters. The molecule has 2 aliphatic rings. The zero-order chi connectivity index (χ0) is 21.5. The van der Waals surface area contributed by atoms with Crippen LogP contribution in [0.3, 0.4) is 0 Å². The first-order valence-electron chi connectivity index (χ1n) is 11.6. The van der Waals surface area contributed by atoms with E-state index in [2.05, 4.69) is 42.1 Å². The fourth-order valence-corrected chi connectivity index (χ4v) is 5.06. The molecule has 0 N–H and O–H groups in total. The third-order valence-electron chi connectivity index (χ3n) is 6.85. The molecule has 2 heterocycles. The van der Waals surface area contributed by atoms with Gasteiger partial charge in [0, 0.05) is 30.8 Å². The molecule has 1 fully saturated rings. The molecule has 162 valence electrons. The normalized spacial score (nSPS) is 17.8. The van der Waals surface area contributed by atoms with Crippen molar-refractivity contribution in [2.24, 2.45) is 7.05 Å². The SMILES string of the molecule is Cc1ccc2c(c1)CCC2CCCC(=O)COc1cc(C)c2c(C3CC3)nn(C)c2n1. The molecular formula is C26H31N3O2. The molecule has 31 heavy (non-hydrogen) atoms. The van der Waals surface area contributed by atoms with Gasteiger partial charge in [-0.1, -0.05) is 23.8 Å². The summed E-state index contributed by atoms with van der Waals surface area (Å²) in [5.41, 5.74) is 7.45. The van der Waals surface area contributed by atoms with E-state index < -0.39 is 0 Å². The Morgan fingerprint density at radius 1 is 1.19 bits per heavy atom. The van der Waals surface area contributed by atoms with E-state index in [-0.39, 0.29) is 12.4 Å². The van der Waals surface area contributed by atoms with E-state index in [1.807, 2.05) is 17.8 Å². The zero-order valence-electron chi connectivity index (χ0n) is 18.8. The molecule has 1 atom stereocenters. The van der Waals surface area contributed by atoms with Gasteiger partial charge in [0.1, 0.15) is 6.61 Å². The molecule has 1 saturated carbocycles. The van der Waals surface area contributed by atoms with Crippen LogP contribution in [0.25, 0.3) is 11.0 Å². The lowest BCUT2D eigenvalue weighted by Crippen LogP contribution is -2.12. The minimum absolute atomic E-state index is 0.0890. The van der Waals surface area contributed by atoms with Crippen LogP contribution in [0.4, 0.5) is 0 Å². The van der Waals surface area contributed by atoms with Crippen molar-refractivity contribution in [2.45, 2.75) is 70.6 Å². The second-order valence-electron chi connectivity index (χ2n) is 9.42. The summed E-state index contributed by atoms with van der Waals surface area (Å²) in [6.07, 6.45) is 7.36. The molecular weight excluding hydrogens is 386 g/mol. The lowest BCUT2D eigenvalue weighted by atomic mass is 9.94. The highest BCUT2D eigenvalue weighted by Gasteiger charge is 2.30. The van der Waals surface area contributed by atoms with Gasteiger partial charge in [0.15, 0.2) is 11.4 Å². The van der Waals surface area contributed by atoms with E-state index >= 15 is 0 Å². The Kier molecular flexibility index (Phi) is 5.28. The van der Waals surface area contributed by atoms with E-state index in [1.165, 1.54) is 42.4 Å². The Balaban J connectivity index is 1.15. The highest BCUT2D eigenvalue weighted by atomic mass is 16.5. The fraction of sp³-hybridized carbons (Fsp3) is 0.500. The van der Waals surface area contributed by atoms with Gasteiger partial charge in [0.25, 0.3) is 0 Å². The molecule has 0 aliphatic heterocycles. The predicted molar refractivity (Wildman–Crippen MR) is 122 cm³/mol. The number of fused-ring (bicyclic) bond motifs is 2. The average Bonchev–Trinajstić information content (AvgIpc) is 3.43. The van der Waals surface area contributed by atoms with Crippen molar-refractivity contribution in [3.63, 3.8) is 0 Å². The third-order valence-corrected chi connectivity index (χ3v) is 6.85. The first-order valence-corrected chi connectivity index (χ1v) is 11.6. The Labute approximate surface area is 183 Å². The van der Waals surface area contributed by atoms with Gasteiger partial charge in [0.05, 0.1) is 5.69 Å². The van der Waals surface area contributed by atoms with E-state index in [0.29, 0.717) is 24.1 Å². The van der Waals surface area contributed by atoms with E-state index in [4.69, 9.17) is 4.74 Å². The first-order chi connectivity index (χ1) is 15.0. The number of ether oxygens (including phenoxy) is 1. The highest BCUT2D eigenvalue weighted by Crippen LogP contribution is 2.43. The molecule has 0 saturated heterocycles. The quantitative estimate of drug-likeness (QED) is 0.498. The maximum Gasteiger partial charge on any atom is 0.215 e. The van der Waals surface area contributed by atoms with E-state index in [1.54, 1.807) is 0 Å². The molecule has 3 aromatic rings. The number of aromatic nitrogens is 3. The fourth-order valence-electron chi connectivity index (χ4n) is 5.06. The second kappa shape index (κ2) is 8.10. The lowest BCUT2D eigenvalue weighted by Gasteiger charge is -2.12. The van der Waals surface area contributed by atoms with Crippen LogP contribution in [0.15, 0.2) is 24.3 Å². The van der Waals surface area contributed by atoms with Crippen molar-refractivity contribution >= 4 is 16.8 Å². The summed E-state index contributed by atoms with van der Waals surface area (Å²) in [5, 5.41) is 5.83. The minimum Gasteiger partial charge on any atom is -0.470 e. The molecule has 2 aliphatic carbocycles. The van der Waals surface area contributed by atoms with Gasteiger partial charge in [0.2, 0.25) is 5.88 Å². The molecule has 1 aromatic carbocycles. The summed E-state index contributed by atoms with van der Waals surface area (Å²) < 4.78 is 7.63. The molecule has 2 aromatic heterocycles. The number of hydrogen-bond donors (Lipinski definition) is 0. The standard InChI is InChI=1S/C26H31N3O2/c1-16-7-12-22-18(8-11-20(22)13-16)5-4-6-21(30)15-31-23-14-17(2)24-25(19-9-10-19)28-29(3)26(24)27-23/h7,12-14,18-19H,4-6,8-11,15H2,1-3H3. The van der Waals surface area contributed by atoms with Gasteiger partial charge in [-0.3, -0.25) is 9.48 Å². The van der Waals surface area contributed by atoms with Gasteiger partial charge in [-0.05, 0) is 75.0 Å². The molecule has 5 nitrogen and oxygen atoms in total. The number of carbonyl (C=O) groups is 1. The van der Waals surface area contributed by atoms with Crippen molar-refractivity contribution < 1.29 is 9.53 Å². The van der Waals surface area contributed by atoms with Crippen LogP contribution in [0.2, 0.25) is 0 Å². The maximum atomic E-state index is 12.4. The van der Waals surface area contributed by atoms with Crippen LogP contribution in [-0.2, 0) is 18.3 Å². The summed E-state index contributed by atoms with van der Waals surface area (Å²) in [6.45, 7) is 4.32. The topological polar surface area (TPSA) is 57.0 Å². The summed E-state index contributed by atoms with van der Waals surface area (Å²) in [5.74, 6) is 1.84. The van der Waals surface area contributed by atoms with Gasteiger partial charge >= 0.3 is 0 Å². The minimum atomic E-state index is 0.0890. The van der Waals surface area contributed by atoms with Crippen LogP contribution in [-0.4, -0.2) is 27.2 Å². The summed E-state index contributed by atoms with van der Waals surface area (Å²) in [4.78, 5) is 17.1. The van der Waals surface area contributed by atoms with Crippen LogP contribution in [0, 0.1) is 13.8 Å². The Bertz CT molecular complexity index is 1140. The lowest BCUT2D eigenvalue weighted by molar-refractivity contribution is -0.121. The number of rotatable bonds is 8. The van der Waals surface area contributed by atoms with E-state index in [0.717, 1.165) is 35.1 Å². The molecule has 5 heteroatoms. The number of aryl methyl sites for hydroxylation is 4. The Morgan fingerprint density at radius 3 is 2.84 bits per heavy atom. The molecule has 0 amide bonds. The zero-order valence-corrected chi connectivity index (χ0v) is 18.8. The second-order valence-corrected chi connectivity index (χ2v) is 9.42. The van der Waals surface area contributed by atoms with Gasteiger partial charge in [-0.25, -0.2) is 0 Å². The Hall–Kier alpha value is -2.69. The van der Waals surface area contributed by atoms with Crippen LogP contribution in [0.5, 0.6) is 5.88 Å². The summed E-state index contributed by atoms with van der Waals surface area (Å²) in [6, 6.07) is 8.75. The van der Waals surface area contributed by atoms with Gasteiger partial charge in [-0.15, -0.1) is 0 Å². The van der Waals surface area contributed by atoms with Crippen molar-refractivity contribution in [1.82, 2.24) is 14.8 Å². The number of hydrogen-bond acceptors (Lipinski definition) is 4. The highest BCUT2D eigenvalue weighted by molar-refractivity contribution is 5.84. The number of pyridine rings is 1. The van der Waals surface area contributed by atoms with Crippen molar-refractivity contribution in [1.29, 1.82) is 0 Å². The largest absolute Gasteiger partial charge is 0.470 e. The van der Waals surface area contributed by atoms with E-state index in [9.17, 15) is 4.79 Å². The number of carbonyl (C=O) groups excluding carboxylic acids is 1. The number of benzene rings is 1. The Morgan fingerprint density at radius 2 is 2.03 bits per heavy atom. The molecule has 0 spiro atoms. The smallest absolute Gasteiger partial charge is 0.215 e. The molecule has 5 rings (SSSR count). The molecule has 0 bridgehead atoms.